The Labute approximate surface area is 185 Å². The van der Waals surface area contributed by atoms with Crippen molar-refractivity contribution in [1.29, 1.82) is 0 Å². The van der Waals surface area contributed by atoms with Crippen molar-refractivity contribution in [1.82, 2.24) is 0 Å². The maximum absolute atomic E-state index is 13.8. The number of benzene rings is 1. The molecule has 0 heterocycles. The van der Waals surface area contributed by atoms with Gasteiger partial charge in [0.1, 0.15) is 0 Å². The number of rotatable bonds is 3. The lowest BCUT2D eigenvalue weighted by Crippen LogP contribution is -2.59. The molecule has 0 spiro atoms. The summed E-state index contributed by atoms with van der Waals surface area (Å²) in [5.41, 5.74) is 1.20. The van der Waals surface area contributed by atoms with E-state index in [2.05, 4.69) is 51.1 Å². The topological polar surface area (TPSA) is 37.3 Å². The third-order valence-corrected chi connectivity index (χ3v) is 11.3. The Morgan fingerprint density at radius 3 is 2.53 bits per heavy atom. The molecule has 3 fully saturated rings. The van der Waals surface area contributed by atoms with E-state index in [4.69, 9.17) is 0 Å². The van der Waals surface area contributed by atoms with Crippen LogP contribution in [0.15, 0.2) is 41.3 Å². The normalized spacial score (nSPS) is 45.3. The van der Waals surface area contributed by atoms with Crippen molar-refractivity contribution in [2.75, 3.05) is 0 Å². The molecule has 2 nitrogen and oxygen atoms in total. The second-order valence-corrected chi connectivity index (χ2v) is 12.2. The molecule has 0 saturated heterocycles. The summed E-state index contributed by atoms with van der Waals surface area (Å²) in [7, 11) is 0. The number of carbonyl (C=O) groups is 1. The van der Waals surface area contributed by atoms with Gasteiger partial charge in [-0.15, -0.1) is 11.8 Å². The first-order chi connectivity index (χ1) is 14.3. The van der Waals surface area contributed by atoms with Crippen LogP contribution in [0, 0.1) is 34.0 Å². The smallest absolute Gasteiger partial charge is 0.175 e. The van der Waals surface area contributed by atoms with Crippen LogP contribution in [0.1, 0.15) is 71.3 Å². The molecule has 4 aliphatic carbocycles. The average Bonchev–Trinajstić information content (AvgIpc) is 3.05. The Morgan fingerprint density at radius 2 is 1.77 bits per heavy atom. The highest BCUT2D eigenvalue weighted by Crippen LogP contribution is 2.69. The number of aliphatic hydroxyl groups excluding tert-OH is 1. The van der Waals surface area contributed by atoms with E-state index >= 15 is 0 Å². The summed E-state index contributed by atoms with van der Waals surface area (Å²) in [5.74, 6) is 3.20. The van der Waals surface area contributed by atoms with E-state index in [0.29, 0.717) is 23.5 Å². The van der Waals surface area contributed by atoms with Crippen molar-refractivity contribution in [3.63, 3.8) is 0 Å². The van der Waals surface area contributed by atoms with E-state index in [9.17, 15) is 9.90 Å². The maximum Gasteiger partial charge on any atom is 0.175 e. The molecule has 0 bridgehead atoms. The first kappa shape index (κ1) is 20.8. The standard InChI is InChI=1S/C27H36O2S/c1-25-14-12-21-19(20(25)9-10-23(25)28)11-15-27(3)24(29)22(13-16-26(21,27)2)30-17-18-7-5-4-6-8-18/h4-8,13,19-21,23,28H,9-12,14-17H2,1-3H3. The number of thioether (sulfide) groups is 1. The minimum absolute atomic E-state index is 0.0542. The second kappa shape index (κ2) is 7.24. The lowest BCUT2D eigenvalue weighted by atomic mass is 9.41. The van der Waals surface area contributed by atoms with Gasteiger partial charge in [0.05, 0.1) is 6.10 Å². The summed E-state index contributed by atoms with van der Waals surface area (Å²) in [6, 6.07) is 10.5. The molecule has 0 aliphatic heterocycles. The van der Waals surface area contributed by atoms with E-state index < -0.39 is 0 Å². The predicted molar refractivity (Wildman–Crippen MR) is 124 cm³/mol. The molecule has 1 aromatic carbocycles. The molecule has 7 atom stereocenters. The van der Waals surface area contributed by atoms with Crippen molar-refractivity contribution >= 4 is 17.5 Å². The third-order valence-electron chi connectivity index (χ3n) is 10.1. The van der Waals surface area contributed by atoms with Crippen molar-refractivity contribution in [2.24, 2.45) is 34.0 Å². The van der Waals surface area contributed by atoms with Crippen molar-refractivity contribution < 1.29 is 9.90 Å². The van der Waals surface area contributed by atoms with Crippen LogP contribution >= 0.6 is 11.8 Å². The Kier molecular flexibility index (Phi) is 5.02. The third kappa shape index (κ3) is 2.84. The van der Waals surface area contributed by atoms with E-state index in [1.54, 1.807) is 11.8 Å². The summed E-state index contributed by atoms with van der Waals surface area (Å²) in [4.78, 5) is 14.8. The highest BCUT2D eigenvalue weighted by atomic mass is 32.2. The monoisotopic (exact) mass is 424 g/mol. The molecule has 162 valence electrons. The van der Waals surface area contributed by atoms with Gasteiger partial charge in [0, 0.05) is 16.1 Å². The Morgan fingerprint density at radius 1 is 1.00 bits per heavy atom. The highest BCUT2D eigenvalue weighted by molar-refractivity contribution is 8.03. The van der Waals surface area contributed by atoms with Crippen LogP contribution in [0.4, 0.5) is 0 Å². The minimum atomic E-state index is -0.243. The van der Waals surface area contributed by atoms with Crippen LogP contribution in [-0.4, -0.2) is 17.0 Å². The highest BCUT2D eigenvalue weighted by Gasteiger charge is 2.64. The molecule has 7 unspecified atom stereocenters. The molecule has 5 rings (SSSR count). The van der Waals surface area contributed by atoms with E-state index in [1.165, 1.54) is 18.4 Å². The second-order valence-electron chi connectivity index (χ2n) is 11.2. The lowest BCUT2D eigenvalue weighted by molar-refractivity contribution is -0.161. The van der Waals surface area contributed by atoms with Crippen LogP contribution in [0.5, 0.6) is 0 Å². The number of allylic oxidation sites excluding steroid dienone is 2. The SMILES string of the molecule is CC12CCC3C(CCC4(C)C(=O)C(SCc5ccccc5)=CCC34C)C1CCC2O. The van der Waals surface area contributed by atoms with Crippen LogP contribution in [-0.2, 0) is 10.5 Å². The van der Waals surface area contributed by atoms with Crippen LogP contribution in [0.3, 0.4) is 0 Å². The zero-order valence-electron chi connectivity index (χ0n) is 18.7. The fourth-order valence-electron chi connectivity index (χ4n) is 7.88. The molecular formula is C27H36O2S. The quantitative estimate of drug-likeness (QED) is 0.611. The van der Waals surface area contributed by atoms with Gasteiger partial charge in [0.25, 0.3) is 0 Å². The van der Waals surface area contributed by atoms with Gasteiger partial charge in [0.15, 0.2) is 5.78 Å². The number of hydrogen-bond donors (Lipinski definition) is 1. The molecule has 3 saturated carbocycles. The number of ketones is 1. The minimum Gasteiger partial charge on any atom is -0.393 e. The van der Waals surface area contributed by atoms with Gasteiger partial charge in [-0.2, -0.15) is 0 Å². The van der Waals surface area contributed by atoms with Crippen LogP contribution in [0.25, 0.3) is 0 Å². The number of Topliss-reactive ketones (excluding diaryl/α,β-unsaturated/α-hetero) is 1. The van der Waals surface area contributed by atoms with Crippen molar-refractivity contribution in [3.05, 3.63) is 46.9 Å². The van der Waals surface area contributed by atoms with Crippen LogP contribution < -0.4 is 0 Å². The molecule has 0 radical (unpaired) electrons. The number of carbonyl (C=O) groups excluding carboxylic acids is 1. The molecule has 0 amide bonds. The van der Waals surface area contributed by atoms with Crippen molar-refractivity contribution in [2.45, 2.75) is 77.6 Å². The van der Waals surface area contributed by atoms with E-state index in [-0.39, 0.29) is 22.3 Å². The van der Waals surface area contributed by atoms with E-state index in [1.807, 2.05) is 6.07 Å². The molecular weight excluding hydrogens is 388 g/mol. The molecule has 3 heteroatoms. The Balaban J connectivity index is 1.40. The maximum atomic E-state index is 13.8. The predicted octanol–water partition coefficient (Wildman–Crippen LogP) is 6.39. The Bertz CT molecular complexity index is 863. The molecule has 0 aromatic heterocycles. The fraction of sp³-hybridized carbons (Fsp3) is 0.667. The Hall–Kier alpha value is -1.06. The molecule has 1 aromatic rings. The summed E-state index contributed by atoms with van der Waals surface area (Å²) in [6.07, 6.45) is 9.79. The van der Waals surface area contributed by atoms with Crippen molar-refractivity contribution in [3.8, 4) is 0 Å². The largest absolute Gasteiger partial charge is 0.393 e. The van der Waals surface area contributed by atoms with Gasteiger partial charge in [-0.1, -0.05) is 57.2 Å². The number of hydrogen-bond acceptors (Lipinski definition) is 3. The average molecular weight is 425 g/mol. The molecule has 30 heavy (non-hydrogen) atoms. The van der Waals surface area contributed by atoms with Gasteiger partial charge in [-0.25, -0.2) is 0 Å². The van der Waals surface area contributed by atoms with Gasteiger partial charge in [-0.05, 0) is 79.1 Å². The van der Waals surface area contributed by atoms with E-state index in [0.717, 1.165) is 42.8 Å². The summed E-state index contributed by atoms with van der Waals surface area (Å²) >= 11 is 1.73. The molecule has 1 N–H and O–H groups in total. The number of aliphatic hydroxyl groups is 1. The van der Waals surface area contributed by atoms with Gasteiger partial charge >= 0.3 is 0 Å². The summed E-state index contributed by atoms with van der Waals surface area (Å²) in [6.45, 7) is 7.04. The van der Waals surface area contributed by atoms with Gasteiger partial charge in [0.2, 0.25) is 0 Å². The zero-order chi connectivity index (χ0) is 21.1. The first-order valence-electron chi connectivity index (χ1n) is 11.9. The van der Waals surface area contributed by atoms with Crippen LogP contribution in [0.2, 0.25) is 0 Å². The van der Waals surface area contributed by atoms with Gasteiger partial charge < -0.3 is 5.11 Å². The zero-order valence-corrected chi connectivity index (χ0v) is 19.5. The first-order valence-corrected chi connectivity index (χ1v) is 12.9. The fourth-order valence-corrected chi connectivity index (χ4v) is 8.95. The lowest BCUT2D eigenvalue weighted by Gasteiger charge is -2.63. The summed E-state index contributed by atoms with van der Waals surface area (Å²) in [5, 5.41) is 10.7. The van der Waals surface area contributed by atoms with Gasteiger partial charge in [-0.3, -0.25) is 4.79 Å². The number of fused-ring (bicyclic) bond motifs is 5. The molecule has 4 aliphatic rings. The summed E-state index contributed by atoms with van der Waals surface area (Å²) < 4.78 is 0.